The second-order valence-corrected chi connectivity index (χ2v) is 13.6. The number of hydrogen-bond acceptors (Lipinski definition) is 8. The lowest BCUT2D eigenvalue weighted by molar-refractivity contribution is -0.142. The number of likely N-dealkylation sites (N-methyl/N-ethyl adjacent to an activating group) is 1. The van der Waals surface area contributed by atoms with Crippen molar-refractivity contribution < 1.29 is 14.4 Å². The first-order valence-corrected chi connectivity index (χ1v) is 17.9. The normalized spacial score (nSPS) is 19.6. The van der Waals surface area contributed by atoms with E-state index in [0.717, 1.165) is 43.1 Å². The number of nitrogens with one attached hydrogen (secondary N) is 4. The highest BCUT2D eigenvalue weighted by Gasteiger charge is 2.34. The summed E-state index contributed by atoms with van der Waals surface area (Å²) >= 11 is 1.55. The Kier molecular flexibility index (Phi) is 12.8. The highest BCUT2D eigenvalue weighted by molar-refractivity contribution is 7.99. The molecule has 4 aromatic rings. The molecule has 3 unspecified atom stereocenters. The van der Waals surface area contributed by atoms with Crippen molar-refractivity contribution in [3.8, 4) is 0 Å². The number of H-pyrrole nitrogens is 1. The van der Waals surface area contributed by atoms with Crippen LogP contribution in [0, 0.1) is 6.92 Å². The minimum absolute atomic E-state index is 0.271. The molecule has 1 aliphatic rings. The summed E-state index contributed by atoms with van der Waals surface area (Å²) in [5.74, 6) is -0.890. The van der Waals surface area contributed by atoms with Crippen LogP contribution in [0.5, 0.6) is 0 Å². The first-order valence-electron chi connectivity index (χ1n) is 17.0. The Hall–Kier alpha value is -4.23. The molecule has 0 fully saturated rings. The smallest absolute Gasteiger partial charge is 0.245 e. The van der Waals surface area contributed by atoms with Gasteiger partial charge < -0.3 is 37.3 Å². The van der Waals surface area contributed by atoms with E-state index in [-0.39, 0.29) is 30.7 Å². The summed E-state index contributed by atoms with van der Waals surface area (Å²) in [5, 5.41) is 11.4. The summed E-state index contributed by atoms with van der Waals surface area (Å²) in [6, 6.07) is 15.5. The average Bonchev–Trinajstić information content (AvgIpc) is 3.52. The van der Waals surface area contributed by atoms with Crippen LogP contribution in [0.1, 0.15) is 54.4 Å². The van der Waals surface area contributed by atoms with Crippen molar-refractivity contribution in [2.75, 3.05) is 20.1 Å². The topological polar surface area (TPSA) is 171 Å². The van der Waals surface area contributed by atoms with Gasteiger partial charge in [-0.1, -0.05) is 54.2 Å². The lowest BCUT2D eigenvalue weighted by atomic mass is 10.0. The van der Waals surface area contributed by atoms with Crippen molar-refractivity contribution in [2.24, 2.45) is 11.5 Å². The number of aryl methyl sites for hydroxylation is 1. The number of nitrogens with two attached hydrogens (primary N) is 2. The number of benzene rings is 2. The summed E-state index contributed by atoms with van der Waals surface area (Å²) in [6.07, 6.45) is 6.82. The lowest BCUT2D eigenvalue weighted by Crippen LogP contribution is -2.57. The van der Waals surface area contributed by atoms with E-state index in [0.29, 0.717) is 51.7 Å². The van der Waals surface area contributed by atoms with E-state index in [9.17, 15) is 14.4 Å². The van der Waals surface area contributed by atoms with Crippen LogP contribution < -0.4 is 27.4 Å². The Morgan fingerprint density at radius 2 is 1.65 bits per heavy atom. The molecule has 49 heavy (non-hydrogen) atoms. The Bertz CT molecular complexity index is 1740. The van der Waals surface area contributed by atoms with Gasteiger partial charge in [-0.15, -0.1) is 0 Å². The number of nitrogens with zero attached hydrogens (tertiary/aromatic N) is 2. The molecule has 0 spiro atoms. The van der Waals surface area contributed by atoms with Crippen molar-refractivity contribution >= 4 is 40.4 Å². The van der Waals surface area contributed by atoms with Crippen molar-refractivity contribution in [1.29, 1.82) is 0 Å². The number of aromatic amines is 1. The van der Waals surface area contributed by atoms with Gasteiger partial charge in [-0.3, -0.25) is 14.4 Å². The molecule has 2 aromatic heterocycles. The fourth-order valence-corrected chi connectivity index (χ4v) is 7.34. The van der Waals surface area contributed by atoms with Gasteiger partial charge in [0.2, 0.25) is 17.7 Å². The number of rotatable bonds is 9. The first-order chi connectivity index (χ1) is 23.8. The van der Waals surface area contributed by atoms with Gasteiger partial charge in [-0.05, 0) is 86.5 Å². The average molecular weight is 685 g/mol. The van der Waals surface area contributed by atoms with Crippen molar-refractivity contribution in [3.05, 3.63) is 89.2 Å². The maximum atomic E-state index is 14.3. The number of pyridine rings is 1. The number of hydrogen-bond donors (Lipinski definition) is 6. The van der Waals surface area contributed by atoms with E-state index in [2.05, 4.69) is 20.9 Å². The molecule has 3 atom stereocenters. The van der Waals surface area contributed by atoms with Gasteiger partial charge in [0.05, 0.1) is 6.04 Å². The Morgan fingerprint density at radius 3 is 2.47 bits per heavy atom. The van der Waals surface area contributed by atoms with Gasteiger partial charge in [-0.2, -0.15) is 0 Å². The second kappa shape index (κ2) is 17.4. The fourth-order valence-electron chi connectivity index (χ4n) is 6.26. The summed E-state index contributed by atoms with van der Waals surface area (Å²) in [7, 11) is 1.65. The molecule has 0 saturated heterocycles. The molecule has 0 bridgehead atoms. The standard InChI is InChI=1S/C37H48N8O3S/c1-24-10-7-11-25-21-43-35(47)32(20-27-23-41-29-14-4-3-13-28(27)29)45(2)37(48)31(15-5-6-17-38)44-34(46)30(16-8-18-39)42-22-26-12-9-19-40-36(26)49-33(24)25/h3-4,7,9-14,19,23,30-32,41-42H,5-6,8,15-18,20-22,38-39H2,1-2H3,(H,43,47)(H,44,46). The summed E-state index contributed by atoms with van der Waals surface area (Å²) in [5.41, 5.74) is 16.5. The molecule has 1 aliphatic heterocycles. The molecule has 3 amide bonds. The van der Waals surface area contributed by atoms with Crippen molar-refractivity contribution in [3.63, 3.8) is 0 Å². The maximum absolute atomic E-state index is 14.3. The van der Waals surface area contributed by atoms with E-state index in [1.54, 1.807) is 25.0 Å². The predicted octanol–water partition coefficient (Wildman–Crippen LogP) is 3.53. The molecule has 260 valence electrons. The summed E-state index contributed by atoms with van der Waals surface area (Å²) in [6.45, 7) is 3.62. The molecular weight excluding hydrogens is 637 g/mol. The Balaban J connectivity index is 1.55. The van der Waals surface area contributed by atoms with Gasteiger partial charge in [0.15, 0.2) is 0 Å². The van der Waals surface area contributed by atoms with E-state index >= 15 is 0 Å². The zero-order valence-electron chi connectivity index (χ0n) is 28.3. The number of carbonyl (C=O) groups is 3. The minimum atomic E-state index is -0.842. The second-order valence-electron chi connectivity index (χ2n) is 12.6. The Labute approximate surface area is 292 Å². The van der Waals surface area contributed by atoms with Crippen LogP contribution in [0.3, 0.4) is 0 Å². The first kappa shape index (κ1) is 36.1. The van der Waals surface area contributed by atoms with Crippen LogP contribution in [0.25, 0.3) is 10.9 Å². The lowest BCUT2D eigenvalue weighted by Gasteiger charge is -2.32. The molecule has 12 heteroatoms. The van der Waals surface area contributed by atoms with E-state index in [4.69, 9.17) is 16.5 Å². The molecular formula is C37H48N8O3S. The SMILES string of the molecule is Cc1cccc2c1Sc1ncccc1CNC(CCCN)C(=O)NC(CCCCN)C(=O)N(C)C(Cc1c[nH]c3ccccc13)C(=O)NC2. The third-order valence-corrected chi connectivity index (χ3v) is 10.5. The number of fused-ring (bicyclic) bond motifs is 3. The van der Waals surface area contributed by atoms with Crippen LogP contribution in [0.15, 0.2) is 76.9 Å². The van der Waals surface area contributed by atoms with Crippen molar-refractivity contribution in [1.82, 2.24) is 30.8 Å². The summed E-state index contributed by atoms with van der Waals surface area (Å²) < 4.78 is 0. The number of aromatic nitrogens is 2. The van der Waals surface area contributed by atoms with Gasteiger partial charge in [0.1, 0.15) is 17.1 Å². The molecule has 0 radical (unpaired) electrons. The number of amides is 3. The van der Waals surface area contributed by atoms with Crippen LogP contribution in [0.2, 0.25) is 0 Å². The molecule has 3 heterocycles. The third-order valence-electron chi connectivity index (χ3n) is 9.12. The van der Waals surface area contributed by atoms with E-state index < -0.39 is 18.1 Å². The molecule has 0 aliphatic carbocycles. The highest BCUT2D eigenvalue weighted by atomic mass is 32.2. The quantitative estimate of drug-likeness (QED) is 0.145. The summed E-state index contributed by atoms with van der Waals surface area (Å²) in [4.78, 5) is 53.0. The predicted molar refractivity (Wildman–Crippen MR) is 194 cm³/mol. The van der Waals surface area contributed by atoms with Crippen molar-refractivity contribution in [2.45, 2.75) is 86.6 Å². The fraction of sp³-hybridized carbons (Fsp3) is 0.405. The highest BCUT2D eigenvalue weighted by Crippen LogP contribution is 2.34. The zero-order chi connectivity index (χ0) is 34.8. The van der Waals surface area contributed by atoms with Crippen LogP contribution in [-0.2, 0) is 33.9 Å². The molecule has 0 saturated carbocycles. The molecule has 2 aromatic carbocycles. The van der Waals surface area contributed by atoms with Crippen LogP contribution in [0.4, 0.5) is 0 Å². The van der Waals surface area contributed by atoms with Gasteiger partial charge in [-0.25, -0.2) is 4.98 Å². The van der Waals surface area contributed by atoms with Gasteiger partial charge in [0, 0.05) is 54.8 Å². The molecule has 8 N–H and O–H groups in total. The number of unbranched alkanes of at least 4 members (excludes halogenated alkanes) is 1. The molecule has 11 nitrogen and oxygen atoms in total. The third kappa shape index (κ3) is 9.07. The van der Waals surface area contributed by atoms with E-state index in [1.165, 1.54) is 4.90 Å². The number of para-hydroxylation sites is 1. The Morgan fingerprint density at radius 1 is 0.878 bits per heavy atom. The minimum Gasteiger partial charge on any atom is -0.361 e. The maximum Gasteiger partial charge on any atom is 0.245 e. The molecule has 5 rings (SSSR count). The monoisotopic (exact) mass is 684 g/mol. The van der Waals surface area contributed by atoms with Crippen LogP contribution in [-0.4, -0.2) is 70.9 Å². The largest absolute Gasteiger partial charge is 0.361 e. The van der Waals surface area contributed by atoms with Crippen LogP contribution >= 0.6 is 11.8 Å². The van der Waals surface area contributed by atoms with E-state index in [1.807, 2.05) is 67.7 Å². The number of carbonyl (C=O) groups excluding carboxylic acids is 3. The zero-order valence-corrected chi connectivity index (χ0v) is 29.2. The van der Waals surface area contributed by atoms with Gasteiger partial charge >= 0.3 is 0 Å². The van der Waals surface area contributed by atoms with Gasteiger partial charge in [0.25, 0.3) is 0 Å².